The van der Waals surface area contributed by atoms with E-state index in [0.717, 1.165) is 18.9 Å². The van der Waals surface area contributed by atoms with Gasteiger partial charge in [0.1, 0.15) is 17.7 Å². The van der Waals surface area contributed by atoms with Gasteiger partial charge in [-0.25, -0.2) is 9.97 Å². The van der Waals surface area contributed by atoms with Crippen molar-refractivity contribution < 1.29 is 22.7 Å². The maximum absolute atomic E-state index is 13.1. The lowest BCUT2D eigenvalue weighted by atomic mass is 10.1. The normalized spacial score (nSPS) is 15.9. The first kappa shape index (κ1) is 18.4. The van der Waals surface area contributed by atoms with Crippen LogP contribution in [-0.4, -0.2) is 26.3 Å². The summed E-state index contributed by atoms with van der Waals surface area (Å²) in [4.78, 5) is 7.88. The van der Waals surface area contributed by atoms with Gasteiger partial charge in [-0.2, -0.15) is 13.2 Å². The third kappa shape index (κ3) is 3.57. The summed E-state index contributed by atoms with van der Waals surface area (Å²) < 4.78 is 53.3. The molecule has 1 saturated carbocycles. The number of nitrogen functional groups attached to an aromatic ring is 1. The minimum absolute atomic E-state index is 0.0218. The quantitative estimate of drug-likeness (QED) is 0.758. The number of nitrogens with zero attached hydrogens (tertiary/aromatic N) is 3. The molecule has 2 aromatic rings. The monoisotopic (exact) mass is 370 g/mol. The Morgan fingerprint density at radius 3 is 2.69 bits per heavy atom. The average molecular weight is 370 g/mol. The molecule has 1 atom stereocenters. The molecule has 9 heteroatoms. The van der Waals surface area contributed by atoms with E-state index in [0.29, 0.717) is 5.70 Å². The van der Waals surface area contributed by atoms with Gasteiger partial charge >= 0.3 is 6.18 Å². The molecule has 0 spiro atoms. The largest absolute Gasteiger partial charge is 0.419 e. The molecular formula is C17H18F4N4O. The number of hydrogen-bond donors (Lipinski definition) is 2. The van der Waals surface area contributed by atoms with Gasteiger partial charge in [-0.15, -0.1) is 0 Å². The highest BCUT2D eigenvalue weighted by Crippen LogP contribution is 2.42. The fourth-order valence-corrected chi connectivity index (χ4v) is 2.69. The summed E-state index contributed by atoms with van der Waals surface area (Å²) in [6.07, 6.45) is -1.22. The van der Waals surface area contributed by atoms with Gasteiger partial charge in [-0.3, -0.25) is 4.39 Å². The first-order valence-electron chi connectivity index (χ1n) is 8.07. The molecule has 2 aromatic heterocycles. The lowest BCUT2D eigenvalue weighted by molar-refractivity contribution is -0.137. The summed E-state index contributed by atoms with van der Waals surface area (Å²) in [5.41, 5.74) is 4.90. The molecular weight excluding hydrogens is 352 g/mol. The Morgan fingerprint density at radius 1 is 1.42 bits per heavy atom. The van der Waals surface area contributed by atoms with Crippen molar-refractivity contribution in [2.45, 2.75) is 31.5 Å². The molecule has 0 radical (unpaired) electrons. The summed E-state index contributed by atoms with van der Waals surface area (Å²) in [5.74, 6) is -0.343. The number of aliphatic hydroxyl groups is 1. The molecule has 5 nitrogen and oxygen atoms in total. The van der Waals surface area contributed by atoms with Gasteiger partial charge in [0, 0.05) is 30.1 Å². The second kappa shape index (κ2) is 6.71. The van der Waals surface area contributed by atoms with Crippen LogP contribution >= 0.6 is 0 Å². The van der Waals surface area contributed by atoms with Crippen molar-refractivity contribution in [3.63, 3.8) is 0 Å². The molecule has 0 amide bonds. The molecule has 0 aromatic carbocycles. The van der Waals surface area contributed by atoms with Crippen LogP contribution in [0, 0.1) is 5.92 Å². The molecule has 1 aliphatic carbocycles. The lowest BCUT2D eigenvalue weighted by Gasteiger charge is -2.13. The van der Waals surface area contributed by atoms with Crippen molar-refractivity contribution in [3.8, 4) is 11.3 Å². The zero-order valence-electron chi connectivity index (χ0n) is 13.8. The van der Waals surface area contributed by atoms with Gasteiger partial charge in [-0.1, -0.05) is 6.58 Å². The third-order valence-electron chi connectivity index (χ3n) is 4.31. The number of allylic oxidation sites excluding steroid dienone is 1. The highest BCUT2D eigenvalue weighted by atomic mass is 19.4. The number of rotatable bonds is 6. The predicted molar refractivity (Wildman–Crippen MR) is 88.5 cm³/mol. The molecule has 0 aliphatic heterocycles. The van der Waals surface area contributed by atoms with Crippen LogP contribution in [-0.2, 0) is 6.18 Å². The molecule has 26 heavy (non-hydrogen) atoms. The van der Waals surface area contributed by atoms with Gasteiger partial charge < -0.3 is 15.4 Å². The topological polar surface area (TPSA) is 77.0 Å². The Morgan fingerprint density at radius 2 is 2.12 bits per heavy atom. The maximum atomic E-state index is 13.1. The minimum Gasteiger partial charge on any atom is -0.385 e. The van der Waals surface area contributed by atoms with Crippen LogP contribution in [0.3, 0.4) is 0 Å². The molecule has 3 N–H and O–H groups in total. The van der Waals surface area contributed by atoms with E-state index >= 15 is 0 Å². The van der Waals surface area contributed by atoms with Crippen LogP contribution in [0.15, 0.2) is 25.0 Å². The first-order valence-corrected chi connectivity index (χ1v) is 8.07. The third-order valence-corrected chi connectivity index (χ3v) is 4.31. The van der Waals surface area contributed by atoms with E-state index in [-0.39, 0.29) is 29.4 Å². The standard InChI is InChI=1S/C17H18F4N4O/c1-9(4-5-18)25-8-13(24-16(25)14(26)10-2-3-10)11-6-12(17(19,20)21)15(22)23-7-11/h6-8,10,14,26H,1-5H2,(H2,22,23). The summed E-state index contributed by atoms with van der Waals surface area (Å²) >= 11 is 0. The van der Waals surface area contributed by atoms with E-state index in [1.807, 2.05) is 0 Å². The summed E-state index contributed by atoms with van der Waals surface area (Å²) in [6, 6.07) is 0.861. The molecule has 0 saturated heterocycles. The fraction of sp³-hybridized carbons (Fsp3) is 0.412. The van der Waals surface area contributed by atoms with Crippen molar-refractivity contribution >= 4 is 11.5 Å². The van der Waals surface area contributed by atoms with E-state index < -0.39 is 30.3 Å². The molecule has 3 rings (SSSR count). The van der Waals surface area contributed by atoms with Crippen molar-refractivity contribution in [1.82, 2.24) is 14.5 Å². The number of hydrogen-bond acceptors (Lipinski definition) is 4. The Labute approximate surface area is 147 Å². The van der Waals surface area contributed by atoms with Crippen molar-refractivity contribution in [3.05, 3.63) is 36.4 Å². The number of anilines is 1. The van der Waals surface area contributed by atoms with E-state index in [9.17, 15) is 22.7 Å². The second-order valence-corrected chi connectivity index (χ2v) is 6.30. The van der Waals surface area contributed by atoms with Crippen LogP contribution in [0.4, 0.5) is 23.4 Å². The van der Waals surface area contributed by atoms with Crippen LogP contribution < -0.4 is 5.73 Å². The number of imidazole rings is 1. The van der Waals surface area contributed by atoms with Crippen LogP contribution in [0.2, 0.25) is 0 Å². The van der Waals surface area contributed by atoms with E-state index in [2.05, 4.69) is 16.5 Å². The highest BCUT2D eigenvalue weighted by Gasteiger charge is 2.36. The van der Waals surface area contributed by atoms with Gasteiger partial charge in [0.15, 0.2) is 0 Å². The number of aromatic nitrogens is 3. The minimum atomic E-state index is -4.65. The number of halogens is 4. The molecule has 1 aliphatic rings. The average Bonchev–Trinajstić information content (AvgIpc) is 3.32. The van der Waals surface area contributed by atoms with Crippen LogP contribution in [0.1, 0.15) is 36.8 Å². The van der Waals surface area contributed by atoms with Crippen molar-refractivity contribution in [1.29, 1.82) is 0 Å². The van der Waals surface area contributed by atoms with E-state index in [1.54, 1.807) is 0 Å². The van der Waals surface area contributed by atoms with E-state index in [4.69, 9.17) is 5.73 Å². The predicted octanol–water partition coefficient (Wildman–Crippen LogP) is 3.82. The molecule has 0 bridgehead atoms. The van der Waals surface area contributed by atoms with Gasteiger partial charge in [0.25, 0.3) is 0 Å². The molecule has 2 heterocycles. The molecule has 1 unspecified atom stereocenters. The van der Waals surface area contributed by atoms with Crippen LogP contribution in [0.5, 0.6) is 0 Å². The van der Waals surface area contributed by atoms with Gasteiger partial charge in [-0.05, 0) is 24.8 Å². The van der Waals surface area contributed by atoms with Gasteiger partial charge in [0.05, 0.1) is 17.9 Å². The summed E-state index contributed by atoms with van der Waals surface area (Å²) in [6.45, 7) is 3.13. The number of pyridine rings is 1. The summed E-state index contributed by atoms with van der Waals surface area (Å²) in [5, 5.41) is 10.4. The summed E-state index contributed by atoms with van der Waals surface area (Å²) in [7, 11) is 0. The number of nitrogens with two attached hydrogens (primary N) is 1. The van der Waals surface area contributed by atoms with Gasteiger partial charge in [0.2, 0.25) is 0 Å². The molecule has 140 valence electrons. The van der Waals surface area contributed by atoms with E-state index in [1.165, 1.54) is 17.0 Å². The maximum Gasteiger partial charge on any atom is 0.419 e. The molecule has 1 fully saturated rings. The first-order chi connectivity index (χ1) is 12.2. The zero-order chi connectivity index (χ0) is 19.1. The zero-order valence-corrected chi connectivity index (χ0v) is 13.8. The fourth-order valence-electron chi connectivity index (χ4n) is 2.69. The number of aliphatic hydroxyl groups excluding tert-OH is 1. The highest BCUT2D eigenvalue weighted by molar-refractivity contribution is 5.63. The van der Waals surface area contributed by atoms with Crippen molar-refractivity contribution in [2.75, 3.05) is 12.4 Å². The Kier molecular flexibility index (Phi) is 4.74. The van der Waals surface area contributed by atoms with Crippen LogP contribution in [0.25, 0.3) is 17.0 Å². The number of alkyl halides is 4. The lowest BCUT2D eigenvalue weighted by Crippen LogP contribution is -2.10. The smallest absolute Gasteiger partial charge is 0.385 e. The van der Waals surface area contributed by atoms with Crippen molar-refractivity contribution in [2.24, 2.45) is 5.92 Å². The Bertz CT molecular complexity index is 827. The Hall–Kier alpha value is -2.42. The SMILES string of the molecule is C=C(CCF)n1cc(-c2cnc(N)c(C(F)(F)F)c2)nc1C(O)C1CC1. The second-order valence-electron chi connectivity index (χ2n) is 6.30. The Balaban J connectivity index is 2.05.